The number of carbonyl (C=O) groups is 1. The van der Waals surface area contributed by atoms with E-state index >= 15 is 0 Å². The van der Waals surface area contributed by atoms with Crippen LogP contribution in [0.25, 0.3) is 0 Å². The fourth-order valence-electron chi connectivity index (χ4n) is 1.41. The molecule has 1 rings (SSSR count). The van der Waals surface area contributed by atoms with E-state index in [-0.39, 0.29) is 13.2 Å². The number of amides is 1. The van der Waals surface area contributed by atoms with Gasteiger partial charge in [-0.15, -0.1) is 0 Å². The smallest absolute Gasteiger partial charge is 0.404 e. The lowest BCUT2D eigenvalue weighted by atomic mass is 10.2. The van der Waals surface area contributed by atoms with Gasteiger partial charge in [0.25, 0.3) is 5.56 Å². The Morgan fingerprint density at radius 3 is 2.78 bits per heavy atom. The van der Waals surface area contributed by atoms with Crippen LogP contribution in [-0.2, 0) is 11.3 Å². The van der Waals surface area contributed by atoms with Gasteiger partial charge in [-0.05, 0) is 19.3 Å². The third-order valence-corrected chi connectivity index (χ3v) is 2.29. The van der Waals surface area contributed by atoms with Gasteiger partial charge in [-0.25, -0.2) is 9.59 Å². The van der Waals surface area contributed by atoms with E-state index in [9.17, 15) is 18.8 Å². The van der Waals surface area contributed by atoms with Crippen LogP contribution < -0.4 is 17.0 Å². The number of aromatic nitrogens is 2. The monoisotopic (exact) mass is 259 g/mol. The molecule has 0 fully saturated rings. The number of ether oxygens (including phenoxy) is 1. The maximum Gasteiger partial charge on any atom is 0.404 e. The van der Waals surface area contributed by atoms with Crippen molar-refractivity contribution in [3.05, 3.63) is 32.9 Å². The molecule has 0 spiro atoms. The van der Waals surface area contributed by atoms with Crippen molar-refractivity contribution in [2.75, 3.05) is 6.61 Å². The minimum Gasteiger partial charge on any atom is -0.450 e. The average Bonchev–Trinajstić information content (AvgIpc) is 2.32. The Morgan fingerprint density at radius 1 is 1.39 bits per heavy atom. The van der Waals surface area contributed by atoms with Crippen molar-refractivity contribution >= 4 is 6.09 Å². The van der Waals surface area contributed by atoms with Crippen molar-refractivity contribution in [2.24, 2.45) is 5.73 Å². The number of primary amides is 1. The van der Waals surface area contributed by atoms with Crippen molar-refractivity contribution in [3.8, 4) is 0 Å². The van der Waals surface area contributed by atoms with Gasteiger partial charge in [0.15, 0.2) is 0 Å². The van der Waals surface area contributed by atoms with Gasteiger partial charge in [0.2, 0.25) is 5.82 Å². The van der Waals surface area contributed by atoms with Crippen LogP contribution in [0.5, 0.6) is 0 Å². The summed E-state index contributed by atoms with van der Waals surface area (Å²) in [5.41, 5.74) is 3.18. The standard InChI is InChI=1S/C10H14FN3O4/c11-7-6-13-10(17)14(8(7)15)4-2-1-3-5-18-9(12)16/h6H,1-5H2,(H2,12,16)(H,13,17). The normalized spacial score (nSPS) is 10.3. The summed E-state index contributed by atoms with van der Waals surface area (Å²) in [6.45, 7) is 0.298. The Hall–Kier alpha value is -2.12. The number of hydrogen-bond acceptors (Lipinski definition) is 4. The second-order valence-electron chi connectivity index (χ2n) is 3.63. The topological polar surface area (TPSA) is 107 Å². The second-order valence-corrected chi connectivity index (χ2v) is 3.63. The van der Waals surface area contributed by atoms with Gasteiger partial charge in [0.1, 0.15) is 0 Å². The maximum absolute atomic E-state index is 12.9. The fraction of sp³-hybridized carbons (Fsp3) is 0.500. The maximum atomic E-state index is 12.9. The Morgan fingerprint density at radius 2 is 2.11 bits per heavy atom. The van der Waals surface area contributed by atoms with Crippen LogP contribution in [0.2, 0.25) is 0 Å². The lowest BCUT2D eigenvalue weighted by Crippen LogP contribution is -2.36. The van der Waals surface area contributed by atoms with Crippen molar-refractivity contribution in [1.29, 1.82) is 0 Å². The number of halogens is 1. The number of rotatable bonds is 6. The van der Waals surface area contributed by atoms with E-state index in [1.165, 1.54) is 0 Å². The van der Waals surface area contributed by atoms with E-state index in [1.807, 2.05) is 0 Å². The van der Waals surface area contributed by atoms with Gasteiger partial charge in [-0.3, -0.25) is 9.36 Å². The lowest BCUT2D eigenvalue weighted by Gasteiger charge is -2.04. The Bertz CT molecular complexity index is 523. The molecular weight excluding hydrogens is 245 g/mol. The summed E-state index contributed by atoms with van der Waals surface area (Å²) in [4.78, 5) is 34.9. The van der Waals surface area contributed by atoms with Crippen LogP contribution in [0.15, 0.2) is 15.8 Å². The van der Waals surface area contributed by atoms with Crippen LogP contribution in [0.1, 0.15) is 19.3 Å². The summed E-state index contributed by atoms with van der Waals surface area (Å²) >= 11 is 0. The molecule has 0 unspecified atom stereocenters. The largest absolute Gasteiger partial charge is 0.450 e. The Kier molecular flexibility index (Phi) is 5.09. The molecule has 1 aromatic heterocycles. The predicted molar refractivity (Wildman–Crippen MR) is 60.7 cm³/mol. The molecule has 8 heteroatoms. The molecule has 1 amide bonds. The molecule has 1 heterocycles. The van der Waals surface area contributed by atoms with Gasteiger partial charge >= 0.3 is 11.8 Å². The third-order valence-electron chi connectivity index (χ3n) is 2.29. The van der Waals surface area contributed by atoms with Crippen LogP contribution >= 0.6 is 0 Å². The molecule has 3 N–H and O–H groups in total. The average molecular weight is 259 g/mol. The van der Waals surface area contributed by atoms with Crippen LogP contribution in [0.4, 0.5) is 9.18 Å². The molecule has 0 aliphatic carbocycles. The van der Waals surface area contributed by atoms with Gasteiger partial charge in [-0.2, -0.15) is 4.39 Å². The first kappa shape index (κ1) is 13.9. The SMILES string of the molecule is NC(=O)OCCCCCn1c(=O)[nH]cc(F)c1=O. The van der Waals surface area contributed by atoms with Gasteiger partial charge < -0.3 is 15.5 Å². The molecule has 0 radical (unpaired) electrons. The van der Waals surface area contributed by atoms with Gasteiger partial charge in [0.05, 0.1) is 6.61 Å². The van der Waals surface area contributed by atoms with Crippen LogP contribution in [-0.4, -0.2) is 22.3 Å². The minimum absolute atomic E-state index is 0.114. The zero-order valence-corrected chi connectivity index (χ0v) is 9.65. The summed E-state index contributed by atoms with van der Waals surface area (Å²) in [5.74, 6) is -0.994. The van der Waals surface area contributed by atoms with E-state index in [4.69, 9.17) is 5.73 Å². The fourth-order valence-corrected chi connectivity index (χ4v) is 1.41. The lowest BCUT2D eigenvalue weighted by molar-refractivity contribution is 0.154. The highest BCUT2D eigenvalue weighted by molar-refractivity contribution is 5.64. The van der Waals surface area contributed by atoms with E-state index in [0.717, 1.165) is 10.8 Å². The molecule has 0 aliphatic heterocycles. The van der Waals surface area contributed by atoms with Crippen LogP contribution in [0.3, 0.4) is 0 Å². The van der Waals surface area contributed by atoms with Crippen molar-refractivity contribution in [1.82, 2.24) is 9.55 Å². The summed E-state index contributed by atoms with van der Waals surface area (Å²) in [5, 5.41) is 0. The van der Waals surface area contributed by atoms with Crippen LogP contribution in [0, 0.1) is 5.82 Å². The Labute approximate surface area is 101 Å². The molecule has 1 aromatic rings. The zero-order valence-electron chi connectivity index (χ0n) is 9.65. The molecule has 0 bridgehead atoms. The first-order chi connectivity index (χ1) is 8.52. The van der Waals surface area contributed by atoms with Gasteiger partial charge in [0, 0.05) is 12.7 Å². The highest BCUT2D eigenvalue weighted by Gasteiger charge is 2.05. The van der Waals surface area contributed by atoms with E-state index in [2.05, 4.69) is 9.72 Å². The molecule has 0 aromatic carbocycles. The highest BCUT2D eigenvalue weighted by atomic mass is 19.1. The van der Waals surface area contributed by atoms with Crippen molar-refractivity contribution < 1.29 is 13.9 Å². The molecule has 100 valence electrons. The molecule has 0 saturated carbocycles. The summed E-state index contributed by atoms with van der Waals surface area (Å²) in [6, 6.07) is 0. The first-order valence-electron chi connectivity index (χ1n) is 5.42. The van der Waals surface area contributed by atoms with E-state index < -0.39 is 23.2 Å². The molecule has 7 nitrogen and oxygen atoms in total. The molecule has 0 saturated heterocycles. The number of H-pyrrole nitrogens is 1. The highest BCUT2D eigenvalue weighted by Crippen LogP contribution is 1.97. The number of aromatic amines is 1. The number of unbranched alkanes of at least 4 members (excludes halogenated alkanes) is 2. The van der Waals surface area contributed by atoms with Crippen molar-refractivity contribution in [2.45, 2.75) is 25.8 Å². The number of nitrogens with two attached hydrogens (primary N) is 1. The van der Waals surface area contributed by atoms with Gasteiger partial charge in [-0.1, -0.05) is 0 Å². The Balaban J connectivity index is 2.41. The minimum atomic E-state index is -0.994. The molecular formula is C10H14FN3O4. The quantitative estimate of drug-likeness (QED) is 0.698. The molecule has 18 heavy (non-hydrogen) atoms. The molecule has 0 atom stereocenters. The number of nitrogens with zero attached hydrogens (tertiary/aromatic N) is 1. The van der Waals surface area contributed by atoms with E-state index in [0.29, 0.717) is 19.3 Å². The summed E-state index contributed by atoms with van der Waals surface area (Å²) in [7, 11) is 0. The second kappa shape index (κ2) is 6.58. The third kappa shape index (κ3) is 4.04. The number of hydrogen-bond donors (Lipinski definition) is 2. The predicted octanol–water partition coefficient (Wildman–Crippen LogP) is -0.0587. The zero-order chi connectivity index (χ0) is 13.5. The van der Waals surface area contributed by atoms with Crippen molar-refractivity contribution in [3.63, 3.8) is 0 Å². The van der Waals surface area contributed by atoms with E-state index in [1.54, 1.807) is 0 Å². The number of carbonyl (C=O) groups excluding carboxylic acids is 1. The summed E-state index contributed by atoms with van der Waals surface area (Å²) < 4.78 is 18.2. The molecule has 0 aliphatic rings. The first-order valence-corrected chi connectivity index (χ1v) is 5.42. The number of nitrogens with one attached hydrogen (secondary N) is 1. The summed E-state index contributed by atoms with van der Waals surface area (Å²) in [6.07, 6.45) is 1.57.